The Hall–Kier alpha value is -1.45. The van der Waals surface area contributed by atoms with Gasteiger partial charge >= 0.3 is 0 Å². The van der Waals surface area contributed by atoms with Gasteiger partial charge in [0, 0.05) is 38.3 Å². The average Bonchev–Trinajstić information content (AvgIpc) is 2.49. The molecule has 102 valence electrons. The average molecular weight is 259 g/mol. The first-order valence-electron chi connectivity index (χ1n) is 7.41. The molecule has 2 aliphatic rings. The molecule has 19 heavy (non-hydrogen) atoms. The standard InChI is InChI=1S/C15H21N3O/c19-14-6-8-18(9-7-14)15-16-10-13(11-17-15)12-4-2-1-3-5-12/h10-12H,1-9H2. The van der Waals surface area contributed by atoms with Crippen molar-refractivity contribution in [2.45, 2.75) is 50.9 Å². The van der Waals surface area contributed by atoms with Crippen molar-refractivity contribution >= 4 is 11.7 Å². The number of Topliss-reactive ketones (excluding diaryl/α,β-unsaturated/α-hetero) is 1. The first-order chi connectivity index (χ1) is 9.33. The topological polar surface area (TPSA) is 46.1 Å². The van der Waals surface area contributed by atoms with E-state index < -0.39 is 0 Å². The van der Waals surface area contributed by atoms with Crippen LogP contribution in [0.4, 0.5) is 5.95 Å². The molecule has 1 saturated heterocycles. The smallest absolute Gasteiger partial charge is 0.225 e. The number of nitrogens with zero attached hydrogens (tertiary/aromatic N) is 3. The highest BCUT2D eigenvalue weighted by atomic mass is 16.1. The maximum atomic E-state index is 11.2. The lowest BCUT2D eigenvalue weighted by molar-refractivity contribution is -0.119. The molecule has 2 heterocycles. The van der Waals surface area contributed by atoms with E-state index in [1.165, 1.54) is 37.7 Å². The first-order valence-corrected chi connectivity index (χ1v) is 7.41. The molecule has 0 N–H and O–H groups in total. The lowest BCUT2D eigenvalue weighted by Gasteiger charge is -2.26. The van der Waals surface area contributed by atoms with Crippen molar-refractivity contribution in [1.82, 2.24) is 9.97 Å². The number of hydrogen-bond acceptors (Lipinski definition) is 4. The van der Waals surface area contributed by atoms with Crippen molar-refractivity contribution in [2.75, 3.05) is 18.0 Å². The molecule has 1 aromatic rings. The molecule has 4 nitrogen and oxygen atoms in total. The Bertz CT molecular complexity index is 427. The highest BCUT2D eigenvalue weighted by molar-refractivity contribution is 5.80. The van der Waals surface area contributed by atoms with E-state index in [4.69, 9.17) is 0 Å². The van der Waals surface area contributed by atoms with Gasteiger partial charge in [0.2, 0.25) is 5.95 Å². The van der Waals surface area contributed by atoms with Crippen molar-refractivity contribution in [3.05, 3.63) is 18.0 Å². The Morgan fingerprint density at radius 2 is 1.63 bits per heavy atom. The summed E-state index contributed by atoms with van der Waals surface area (Å²) in [4.78, 5) is 22.4. The summed E-state index contributed by atoms with van der Waals surface area (Å²) in [5, 5.41) is 0. The Morgan fingerprint density at radius 1 is 1.00 bits per heavy atom. The van der Waals surface area contributed by atoms with Crippen LogP contribution in [0, 0.1) is 0 Å². The minimum Gasteiger partial charge on any atom is -0.340 e. The van der Waals surface area contributed by atoms with E-state index in [1.54, 1.807) is 0 Å². The Labute approximate surface area is 114 Å². The highest BCUT2D eigenvalue weighted by Gasteiger charge is 2.20. The second kappa shape index (κ2) is 5.68. The van der Waals surface area contributed by atoms with Crippen molar-refractivity contribution in [1.29, 1.82) is 0 Å². The summed E-state index contributed by atoms with van der Waals surface area (Å²) in [6.07, 6.45) is 11.9. The minimum absolute atomic E-state index is 0.357. The first kappa shape index (κ1) is 12.6. The van der Waals surface area contributed by atoms with Gasteiger partial charge in [0.25, 0.3) is 0 Å². The van der Waals surface area contributed by atoms with E-state index in [1.807, 2.05) is 12.4 Å². The van der Waals surface area contributed by atoms with Crippen LogP contribution < -0.4 is 4.90 Å². The fraction of sp³-hybridized carbons (Fsp3) is 0.667. The zero-order chi connectivity index (χ0) is 13.1. The molecular formula is C15H21N3O. The number of carbonyl (C=O) groups excluding carboxylic acids is 1. The number of aromatic nitrogens is 2. The zero-order valence-electron chi connectivity index (χ0n) is 11.3. The summed E-state index contributed by atoms with van der Waals surface area (Å²) in [5.41, 5.74) is 1.29. The highest BCUT2D eigenvalue weighted by Crippen LogP contribution is 2.32. The van der Waals surface area contributed by atoms with E-state index in [0.717, 1.165) is 19.0 Å². The van der Waals surface area contributed by atoms with Gasteiger partial charge in [-0.25, -0.2) is 9.97 Å². The predicted octanol–water partition coefficient (Wildman–Crippen LogP) is 2.69. The molecule has 0 bridgehead atoms. The quantitative estimate of drug-likeness (QED) is 0.819. The van der Waals surface area contributed by atoms with Gasteiger partial charge in [-0.15, -0.1) is 0 Å². The molecule has 0 atom stereocenters. The van der Waals surface area contributed by atoms with Crippen LogP contribution in [0.1, 0.15) is 56.4 Å². The predicted molar refractivity (Wildman–Crippen MR) is 74.3 cm³/mol. The largest absolute Gasteiger partial charge is 0.340 e. The van der Waals surface area contributed by atoms with Gasteiger partial charge < -0.3 is 4.90 Å². The molecular weight excluding hydrogens is 238 g/mol. The van der Waals surface area contributed by atoms with E-state index in [0.29, 0.717) is 24.5 Å². The van der Waals surface area contributed by atoms with Crippen LogP contribution in [0.15, 0.2) is 12.4 Å². The van der Waals surface area contributed by atoms with E-state index in [2.05, 4.69) is 14.9 Å². The molecule has 0 aromatic carbocycles. The van der Waals surface area contributed by atoms with Gasteiger partial charge in [0.1, 0.15) is 5.78 Å². The van der Waals surface area contributed by atoms with Crippen LogP contribution in [0.5, 0.6) is 0 Å². The molecule has 1 aromatic heterocycles. The van der Waals surface area contributed by atoms with Gasteiger partial charge in [-0.05, 0) is 24.3 Å². The second-order valence-corrected chi connectivity index (χ2v) is 5.68. The Kier molecular flexibility index (Phi) is 3.76. The molecule has 1 aliphatic heterocycles. The van der Waals surface area contributed by atoms with E-state index >= 15 is 0 Å². The van der Waals surface area contributed by atoms with Gasteiger partial charge in [-0.2, -0.15) is 0 Å². The van der Waals surface area contributed by atoms with Crippen molar-refractivity contribution in [3.8, 4) is 0 Å². The molecule has 3 rings (SSSR count). The van der Waals surface area contributed by atoms with Gasteiger partial charge in [-0.1, -0.05) is 19.3 Å². The maximum absolute atomic E-state index is 11.2. The molecule has 1 aliphatic carbocycles. The molecule has 4 heteroatoms. The Morgan fingerprint density at radius 3 is 2.26 bits per heavy atom. The van der Waals surface area contributed by atoms with Gasteiger partial charge in [0.15, 0.2) is 0 Å². The molecule has 1 saturated carbocycles. The molecule has 0 radical (unpaired) electrons. The summed E-state index contributed by atoms with van der Waals surface area (Å²) in [6, 6.07) is 0. The normalized spacial score (nSPS) is 21.7. The number of anilines is 1. The van der Waals surface area contributed by atoms with Crippen LogP contribution >= 0.6 is 0 Å². The summed E-state index contributed by atoms with van der Waals surface area (Å²) in [5.74, 6) is 1.80. The van der Waals surface area contributed by atoms with Crippen LogP contribution in [0.3, 0.4) is 0 Å². The van der Waals surface area contributed by atoms with Crippen LogP contribution in [-0.2, 0) is 4.79 Å². The minimum atomic E-state index is 0.357. The fourth-order valence-electron chi connectivity index (χ4n) is 3.10. The van der Waals surface area contributed by atoms with Crippen LogP contribution in [-0.4, -0.2) is 28.8 Å². The van der Waals surface area contributed by atoms with E-state index in [9.17, 15) is 4.79 Å². The maximum Gasteiger partial charge on any atom is 0.225 e. The fourth-order valence-corrected chi connectivity index (χ4v) is 3.10. The number of hydrogen-bond donors (Lipinski definition) is 0. The van der Waals surface area contributed by atoms with Crippen molar-refractivity contribution in [3.63, 3.8) is 0 Å². The second-order valence-electron chi connectivity index (χ2n) is 5.68. The number of rotatable bonds is 2. The molecule has 0 unspecified atom stereocenters. The summed E-state index contributed by atoms with van der Waals surface area (Å²) >= 11 is 0. The Balaban J connectivity index is 1.66. The van der Waals surface area contributed by atoms with Crippen molar-refractivity contribution < 1.29 is 4.79 Å². The number of ketones is 1. The van der Waals surface area contributed by atoms with E-state index in [-0.39, 0.29) is 0 Å². The summed E-state index contributed by atoms with van der Waals surface area (Å²) < 4.78 is 0. The number of carbonyl (C=O) groups is 1. The SMILES string of the molecule is O=C1CCN(c2ncc(C3CCCCC3)cn2)CC1. The third kappa shape index (κ3) is 2.94. The third-order valence-electron chi connectivity index (χ3n) is 4.34. The lowest BCUT2D eigenvalue weighted by atomic mass is 9.85. The zero-order valence-corrected chi connectivity index (χ0v) is 11.3. The summed E-state index contributed by atoms with van der Waals surface area (Å²) in [7, 11) is 0. The summed E-state index contributed by atoms with van der Waals surface area (Å²) in [6.45, 7) is 1.53. The van der Waals surface area contributed by atoms with Crippen LogP contribution in [0.2, 0.25) is 0 Å². The van der Waals surface area contributed by atoms with Crippen LogP contribution in [0.25, 0.3) is 0 Å². The monoisotopic (exact) mass is 259 g/mol. The van der Waals surface area contributed by atoms with Gasteiger partial charge in [-0.3, -0.25) is 4.79 Å². The van der Waals surface area contributed by atoms with Crippen molar-refractivity contribution in [2.24, 2.45) is 0 Å². The third-order valence-corrected chi connectivity index (χ3v) is 4.34. The molecule has 2 fully saturated rings. The van der Waals surface area contributed by atoms with Gasteiger partial charge in [0.05, 0.1) is 0 Å². The molecule has 0 spiro atoms. The number of piperidine rings is 1. The molecule has 0 amide bonds. The lowest BCUT2D eigenvalue weighted by Crippen LogP contribution is -2.34.